The molecule has 1 amide bonds. The van der Waals surface area contributed by atoms with Gasteiger partial charge < -0.3 is 59.5 Å². The number of Topliss-reactive ketones (excluding diaryl/α,β-unsaturated/α-hetero) is 1. The molecule has 2 aliphatic rings. The number of aromatic nitrogens is 1. The Morgan fingerprint density at radius 2 is 1.68 bits per heavy atom. The predicted molar refractivity (Wildman–Crippen MR) is 222 cm³/mol. The molecule has 5 rings (SSSR count). The van der Waals surface area contributed by atoms with Gasteiger partial charge >= 0.3 is 11.8 Å². The molecule has 17 heteroatoms. The molecule has 4 bridgehead atoms. The maximum Gasteiger partial charge on any atom is 0.312 e. The molecule has 0 radical (unpaired) electrons. The standard InChI is InChI=1S/C42H55N3O13S/c1-18-13-12-14-19(2)40(52)44-31-35(50)28-27(30-38(31)59-41(45-30)43-17-26(54-10)55-11)29-37(23(6)34(28)49)58-42(8,39(29)51)56-16-15-25(53-9)20(3)36(57-24(7)46)22(5)33(48)21(4)32(18)47/h12-16,18,20-22,25-26,32-33,36,47-50H,17H2,1-11H3,(H,43,45)(H,44,52). The number of allylic oxidation sites excluding steroid dienone is 2. The maximum absolute atomic E-state index is 14.6. The molecule has 0 spiro atoms. The van der Waals surface area contributed by atoms with Crippen LogP contribution in [0.1, 0.15) is 64.4 Å². The average Bonchev–Trinajstić information content (AvgIpc) is 3.75. The number of rotatable bonds is 7. The first-order chi connectivity index (χ1) is 27.8. The van der Waals surface area contributed by atoms with Crippen LogP contribution in [0.4, 0.5) is 10.8 Å². The summed E-state index contributed by atoms with van der Waals surface area (Å²) in [7, 11) is 4.41. The van der Waals surface area contributed by atoms with Crippen molar-refractivity contribution in [3.63, 3.8) is 0 Å². The summed E-state index contributed by atoms with van der Waals surface area (Å²) in [6, 6.07) is 0. The number of thiazole rings is 1. The zero-order valence-electron chi connectivity index (χ0n) is 35.1. The number of methoxy groups -OCH3 is 3. The Bertz CT molecular complexity index is 2180. The number of nitrogens with zero attached hydrogens (tertiary/aromatic N) is 1. The van der Waals surface area contributed by atoms with Crippen LogP contribution in [-0.4, -0.2) is 107 Å². The summed E-state index contributed by atoms with van der Waals surface area (Å²) in [4.78, 5) is 45.4. The van der Waals surface area contributed by atoms with Crippen molar-refractivity contribution in [3.05, 3.63) is 47.3 Å². The quantitative estimate of drug-likeness (QED) is 0.0955. The number of esters is 1. The first kappa shape index (κ1) is 45.3. The van der Waals surface area contributed by atoms with E-state index in [2.05, 4.69) is 10.6 Å². The highest BCUT2D eigenvalue weighted by Crippen LogP contribution is 2.55. The molecule has 9 atom stereocenters. The van der Waals surface area contributed by atoms with E-state index in [1.807, 2.05) is 0 Å². The van der Waals surface area contributed by atoms with E-state index in [0.717, 1.165) is 11.3 Å². The van der Waals surface area contributed by atoms with Crippen LogP contribution < -0.4 is 15.4 Å². The van der Waals surface area contributed by atoms with Gasteiger partial charge in [-0.15, -0.1) is 0 Å². The Morgan fingerprint density at radius 3 is 2.31 bits per heavy atom. The number of aliphatic hydroxyl groups is 2. The number of carbonyl (C=O) groups is 3. The minimum atomic E-state index is -1.98. The molecule has 2 aromatic carbocycles. The smallest absolute Gasteiger partial charge is 0.312 e. The van der Waals surface area contributed by atoms with Crippen LogP contribution in [0.3, 0.4) is 0 Å². The van der Waals surface area contributed by atoms with Gasteiger partial charge in [-0.2, -0.15) is 0 Å². The number of carbonyl (C=O) groups excluding carboxylic acids is 3. The van der Waals surface area contributed by atoms with Crippen molar-refractivity contribution < 1.29 is 63.2 Å². The van der Waals surface area contributed by atoms with Crippen LogP contribution >= 0.6 is 11.3 Å². The van der Waals surface area contributed by atoms with Gasteiger partial charge in [-0.25, -0.2) is 4.98 Å². The molecule has 3 heterocycles. The first-order valence-electron chi connectivity index (χ1n) is 19.3. The average molecular weight is 842 g/mol. The van der Waals surface area contributed by atoms with E-state index >= 15 is 0 Å². The molecular formula is C42H55N3O13S. The number of ketones is 1. The number of benzene rings is 2. The number of nitrogens with one attached hydrogen (secondary N) is 2. The van der Waals surface area contributed by atoms with Gasteiger partial charge in [0.2, 0.25) is 0 Å². The number of amides is 1. The second-order valence-electron chi connectivity index (χ2n) is 15.3. The van der Waals surface area contributed by atoms with Crippen molar-refractivity contribution >= 4 is 60.8 Å². The van der Waals surface area contributed by atoms with Gasteiger partial charge in [-0.1, -0.05) is 57.3 Å². The second-order valence-corrected chi connectivity index (χ2v) is 16.3. The minimum absolute atomic E-state index is 0.00532. The highest BCUT2D eigenvalue weighted by atomic mass is 32.1. The zero-order chi connectivity index (χ0) is 43.7. The monoisotopic (exact) mass is 841 g/mol. The van der Waals surface area contributed by atoms with Crippen LogP contribution in [0.2, 0.25) is 0 Å². The minimum Gasteiger partial charge on any atom is -0.507 e. The van der Waals surface area contributed by atoms with Gasteiger partial charge in [0, 0.05) is 75.4 Å². The van der Waals surface area contributed by atoms with E-state index in [0.29, 0.717) is 5.13 Å². The fourth-order valence-electron chi connectivity index (χ4n) is 7.63. The lowest BCUT2D eigenvalue weighted by molar-refractivity contribution is -0.160. The maximum atomic E-state index is 14.6. The number of ether oxygens (including phenoxy) is 6. The summed E-state index contributed by atoms with van der Waals surface area (Å²) in [5, 5.41) is 52.7. The number of anilines is 2. The third-order valence-electron chi connectivity index (χ3n) is 11.3. The van der Waals surface area contributed by atoms with Crippen LogP contribution in [0, 0.1) is 30.6 Å². The molecule has 2 aliphatic heterocycles. The third kappa shape index (κ3) is 8.76. The topological polar surface area (TPSA) is 224 Å². The van der Waals surface area contributed by atoms with E-state index < -0.39 is 89.3 Å². The highest BCUT2D eigenvalue weighted by molar-refractivity contribution is 7.23. The van der Waals surface area contributed by atoms with E-state index in [1.54, 1.807) is 46.8 Å². The van der Waals surface area contributed by atoms with E-state index in [4.69, 9.17) is 33.4 Å². The fourth-order valence-corrected chi connectivity index (χ4v) is 8.61. The van der Waals surface area contributed by atoms with E-state index in [9.17, 15) is 34.8 Å². The third-order valence-corrected chi connectivity index (χ3v) is 12.3. The summed E-state index contributed by atoms with van der Waals surface area (Å²) in [5.41, 5.74) is 0.452. The molecule has 0 aliphatic carbocycles. The summed E-state index contributed by atoms with van der Waals surface area (Å²) in [6.07, 6.45) is 3.13. The molecule has 0 saturated heterocycles. The molecule has 3 aromatic rings. The molecule has 0 fully saturated rings. The van der Waals surface area contributed by atoms with Crippen molar-refractivity contribution in [2.75, 3.05) is 38.5 Å². The normalized spacial score (nSPS) is 28.2. The largest absolute Gasteiger partial charge is 0.507 e. The Morgan fingerprint density at radius 1 is 1.00 bits per heavy atom. The lowest BCUT2D eigenvalue weighted by atomic mass is 9.78. The van der Waals surface area contributed by atoms with Gasteiger partial charge in [-0.05, 0) is 19.9 Å². The van der Waals surface area contributed by atoms with Gasteiger partial charge in [0.25, 0.3) is 11.7 Å². The van der Waals surface area contributed by atoms with Crippen LogP contribution in [-0.2, 0) is 33.3 Å². The summed E-state index contributed by atoms with van der Waals surface area (Å²) >= 11 is 1.08. The Kier molecular flexibility index (Phi) is 14.0. The van der Waals surface area contributed by atoms with Crippen molar-refractivity contribution in [1.29, 1.82) is 0 Å². The number of fused-ring (bicyclic) bond motifs is 1. The van der Waals surface area contributed by atoms with Crippen LogP contribution in [0.25, 0.3) is 21.0 Å². The summed E-state index contributed by atoms with van der Waals surface area (Å²) in [5.74, 6) is -7.14. The number of hydrogen-bond donors (Lipinski definition) is 6. The number of phenolic OH excluding ortho intramolecular Hbond substituents is 2. The lowest BCUT2D eigenvalue weighted by Crippen LogP contribution is -2.46. The van der Waals surface area contributed by atoms with Gasteiger partial charge in [-0.3, -0.25) is 14.4 Å². The van der Waals surface area contributed by atoms with Gasteiger partial charge in [0.15, 0.2) is 17.2 Å². The van der Waals surface area contributed by atoms with Gasteiger partial charge in [0.1, 0.15) is 23.3 Å². The molecule has 16 nitrogen and oxygen atoms in total. The van der Waals surface area contributed by atoms with Crippen molar-refractivity contribution in [2.24, 2.45) is 23.7 Å². The van der Waals surface area contributed by atoms with Crippen molar-refractivity contribution in [3.8, 4) is 17.2 Å². The van der Waals surface area contributed by atoms with Crippen molar-refractivity contribution in [2.45, 2.75) is 91.9 Å². The molecule has 1 aromatic heterocycles. The predicted octanol–water partition coefficient (Wildman–Crippen LogP) is 5.69. The lowest BCUT2D eigenvalue weighted by Gasteiger charge is -2.38. The number of phenols is 2. The summed E-state index contributed by atoms with van der Waals surface area (Å²) in [6.45, 7) is 12.9. The van der Waals surface area contributed by atoms with Crippen molar-refractivity contribution in [1.82, 2.24) is 4.98 Å². The molecular weight excluding hydrogens is 787 g/mol. The van der Waals surface area contributed by atoms with E-state index in [1.165, 1.54) is 60.5 Å². The van der Waals surface area contributed by atoms with Crippen LogP contribution in [0.5, 0.6) is 17.2 Å². The zero-order valence-corrected chi connectivity index (χ0v) is 35.9. The highest BCUT2D eigenvalue weighted by Gasteiger charge is 2.49. The number of hydrogen-bond acceptors (Lipinski definition) is 16. The Balaban J connectivity index is 1.72. The first-order valence-corrected chi connectivity index (χ1v) is 20.1. The molecule has 0 saturated carbocycles. The molecule has 59 heavy (non-hydrogen) atoms. The molecule has 6 N–H and O–H groups in total. The van der Waals surface area contributed by atoms with E-state index in [-0.39, 0.29) is 55.7 Å². The second kappa shape index (κ2) is 18.2. The molecule has 322 valence electrons. The number of aromatic hydroxyl groups is 2. The van der Waals surface area contributed by atoms with Crippen LogP contribution in [0.15, 0.2) is 36.1 Å². The summed E-state index contributed by atoms with van der Waals surface area (Å²) < 4.78 is 34.7. The fraction of sp³-hybridized carbons (Fsp3) is 0.524. The SMILES string of the molecule is COC(CNc1nc2c(s1)c1c(O)c3c(O)c(C)c4c(c32)C(=O)C(C)(OC=CC(OC)C(C)C(OC(C)=O)C(C)C(O)C(C)C(O)C(C)C=CC=C(C)C(=O)N1)O4)OC. The Labute approximate surface area is 346 Å². The Hall–Kier alpha value is -4.78. The van der Waals surface area contributed by atoms with Gasteiger partial charge in [0.05, 0.1) is 52.3 Å². The number of aliphatic hydroxyl groups excluding tert-OH is 2. The molecule has 9 unspecified atom stereocenters.